The summed E-state index contributed by atoms with van der Waals surface area (Å²) in [5.74, 6) is 0.244. The highest BCUT2D eigenvalue weighted by Crippen LogP contribution is 2.33. The van der Waals surface area contributed by atoms with Crippen molar-refractivity contribution in [3.8, 4) is 0 Å². The molecule has 1 aromatic carbocycles. The van der Waals surface area contributed by atoms with Gasteiger partial charge in [0.2, 0.25) is 16.0 Å². The number of benzene rings is 1. The largest absolute Gasteiger partial charge is 0.341 e. The zero-order chi connectivity index (χ0) is 22.3. The van der Waals surface area contributed by atoms with E-state index in [2.05, 4.69) is 14.9 Å². The monoisotopic (exact) mass is 475 g/mol. The molecule has 0 spiro atoms. The number of aryl methyl sites for hydroxylation is 1. The topological polar surface area (TPSA) is 86.7 Å². The Morgan fingerprint density at radius 1 is 0.969 bits per heavy atom. The highest BCUT2D eigenvalue weighted by molar-refractivity contribution is 7.89. The van der Waals surface area contributed by atoms with E-state index in [-0.39, 0.29) is 16.6 Å². The smallest absolute Gasteiger partial charge is 0.278 e. The molecule has 0 atom stereocenters. The third kappa shape index (κ3) is 3.86. The lowest BCUT2D eigenvalue weighted by Gasteiger charge is -2.30. The van der Waals surface area contributed by atoms with Crippen LogP contribution in [0.1, 0.15) is 48.2 Å². The molecular formula is C22H26ClN5O3S. The first-order chi connectivity index (χ1) is 15.4. The maximum atomic E-state index is 13.4. The molecule has 10 heteroatoms. The number of hydrogen-bond donors (Lipinski definition) is 0. The molecule has 0 radical (unpaired) electrons. The van der Waals surface area contributed by atoms with Crippen molar-refractivity contribution >= 4 is 39.2 Å². The lowest BCUT2D eigenvalue weighted by atomic mass is 10.0. The van der Waals surface area contributed by atoms with E-state index in [0.717, 1.165) is 62.9 Å². The second-order valence-electron chi connectivity index (χ2n) is 8.52. The van der Waals surface area contributed by atoms with E-state index in [0.29, 0.717) is 30.5 Å². The summed E-state index contributed by atoms with van der Waals surface area (Å²) in [5.41, 5.74) is 1.76. The van der Waals surface area contributed by atoms with Crippen molar-refractivity contribution in [2.45, 2.75) is 43.4 Å². The van der Waals surface area contributed by atoms with Gasteiger partial charge in [0.25, 0.3) is 5.91 Å². The zero-order valence-corrected chi connectivity index (χ0v) is 19.4. The third-order valence-corrected chi connectivity index (χ3v) is 8.61. The first-order valence-electron chi connectivity index (χ1n) is 11.2. The van der Waals surface area contributed by atoms with Gasteiger partial charge in [-0.2, -0.15) is 4.31 Å². The zero-order valence-electron chi connectivity index (χ0n) is 17.8. The average molecular weight is 476 g/mol. The highest BCUT2D eigenvalue weighted by Gasteiger charge is 2.31. The quantitative estimate of drug-likeness (QED) is 0.675. The van der Waals surface area contributed by atoms with Crippen LogP contribution >= 0.6 is 11.6 Å². The second kappa shape index (κ2) is 8.61. The first kappa shape index (κ1) is 21.6. The minimum absolute atomic E-state index is 0.185. The maximum Gasteiger partial charge on any atom is 0.278 e. The number of fused-ring (bicyclic) bond motifs is 1. The average Bonchev–Trinajstić information content (AvgIpc) is 3.53. The Kier molecular flexibility index (Phi) is 5.81. The van der Waals surface area contributed by atoms with Gasteiger partial charge in [-0.1, -0.05) is 11.6 Å². The van der Waals surface area contributed by atoms with Crippen molar-refractivity contribution in [2.24, 2.45) is 0 Å². The van der Waals surface area contributed by atoms with Crippen molar-refractivity contribution in [1.82, 2.24) is 14.3 Å². The van der Waals surface area contributed by atoms with Crippen molar-refractivity contribution in [3.63, 3.8) is 0 Å². The van der Waals surface area contributed by atoms with Crippen LogP contribution in [0.15, 0.2) is 29.3 Å². The maximum absolute atomic E-state index is 13.4. The van der Waals surface area contributed by atoms with Crippen LogP contribution in [0.25, 0.3) is 0 Å². The number of sulfonamides is 1. The van der Waals surface area contributed by atoms with E-state index in [1.807, 2.05) is 0 Å². The van der Waals surface area contributed by atoms with Gasteiger partial charge in [-0.05, 0) is 62.3 Å². The van der Waals surface area contributed by atoms with Gasteiger partial charge in [0.05, 0.1) is 16.1 Å². The molecule has 2 fully saturated rings. The normalized spacial score (nSPS) is 19.4. The number of carbonyl (C=O) groups is 1. The van der Waals surface area contributed by atoms with Crippen molar-refractivity contribution in [3.05, 3.63) is 40.7 Å². The van der Waals surface area contributed by atoms with Crippen molar-refractivity contribution in [1.29, 1.82) is 0 Å². The van der Waals surface area contributed by atoms with Gasteiger partial charge < -0.3 is 9.80 Å². The summed E-state index contributed by atoms with van der Waals surface area (Å²) in [6.45, 7) is 3.40. The Morgan fingerprint density at radius 3 is 2.44 bits per heavy atom. The summed E-state index contributed by atoms with van der Waals surface area (Å²) in [7, 11) is -3.50. The minimum atomic E-state index is -3.50. The number of amides is 1. The fourth-order valence-corrected chi connectivity index (χ4v) is 6.47. The van der Waals surface area contributed by atoms with E-state index in [1.54, 1.807) is 27.4 Å². The number of halogens is 1. The number of hydrogen-bond acceptors (Lipinski definition) is 6. The van der Waals surface area contributed by atoms with E-state index in [9.17, 15) is 13.2 Å². The number of carbonyl (C=O) groups excluding carboxylic acids is 1. The number of rotatable bonds is 4. The summed E-state index contributed by atoms with van der Waals surface area (Å²) in [5, 5.41) is 0.221. The van der Waals surface area contributed by atoms with Gasteiger partial charge in [-0.15, -0.1) is 0 Å². The fraction of sp³-hybridized carbons (Fsp3) is 0.500. The molecule has 2 aromatic rings. The van der Waals surface area contributed by atoms with Crippen LogP contribution in [0.3, 0.4) is 0 Å². The molecule has 3 aliphatic heterocycles. The molecule has 3 aliphatic rings. The van der Waals surface area contributed by atoms with Crippen LogP contribution in [-0.4, -0.2) is 61.3 Å². The first-order valence-corrected chi connectivity index (χ1v) is 13.0. The molecule has 1 aromatic heterocycles. The summed E-state index contributed by atoms with van der Waals surface area (Å²) in [4.78, 5) is 26.3. The lowest BCUT2D eigenvalue weighted by Crippen LogP contribution is -2.37. The molecule has 0 unspecified atom stereocenters. The van der Waals surface area contributed by atoms with Crippen LogP contribution in [0.5, 0.6) is 0 Å². The number of nitrogens with zero attached hydrogens (tertiary/aromatic N) is 5. The van der Waals surface area contributed by atoms with E-state index in [4.69, 9.17) is 11.6 Å². The molecule has 1 amide bonds. The van der Waals surface area contributed by atoms with Crippen molar-refractivity contribution < 1.29 is 13.2 Å². The molecule has 0 bridgehead atoms. The van der Waals surface area contributed by atoms with Crippen LogP contribution < -0.4 is 9.80 Å². The molecule has 0 aliphatic carbocycles. The van der Waals surface area contributed by atoms with Gasteiger partial charge >= 0.3 is 0 Å². The fourth-order valence-electron chi connectivity index (χ4n) is 4.73. The van der Waals surface area contributed by atoms with E-state index >= 15 is 0 Å². The van der Waals surface area contributed by atoms with Crippen molar-refractivity contribution in [2.75, 3.05) is 42.5 Å². The molecule has 32 heavy (non-hydrogen) atoms. The molecule has 8 nitrogen and oxygen atoms in total. The van der Waals surface area contributed by atoms with Gasteiger partial charge in [-0.3, -0.25) is 4.79 Å². The third-order valence-electron chi connectivity index (χ3n) is 6.44. The minimum Gasteiger partial charge on any atom is -0.341 e. The van der Waals surface area contributed by atoms with Crippen LogP contribution in [0.2, 0.25) is 5.02 Å². The van der Waals surface area contributed by atoms with Gasteiger partial charge in [0, 0.05) is 38.4 Å². The molecule has 5 rings (SSSR count). The molecule has 0 saturated carbocycles. The molecule has 4 heterocycles. The number of aromatic nitrogens is 2. The Hall–Kier alpha value is -2.23. The van der Waals surface area contributed by atoms with Gasteiger partial charge in [-0.25, -0.2) is 18.4 Å². The van der Waals surface area contributed by atoms with Crippen LogP contribution in [0.4, 0.5) is 11.6 Å². The van der Waals surface area contributed by atoms with E-state index in [1.165, 1.54) is 6.20 Å². The standard InChI is InChI=1S/C22H26ClN5O3S/c23-18-15-24-22(26-9-1-2-10-26)25-20(18)21(29)28-13-5-6-16-14-17(7-8-19(16)28)32(30,31)27-11-3-4-12-27/h7-8,14-15H,1-6,9-13H2. The second-order valence-corrected chi connectivity index (χ2v) is 10.9. The Labute approximate surface area is 193 Å². The molecule has 0 N–H and O–H groups in total. The summed E-state index contributed by atoms with van der Waals surface area (Å²) >= 11 is 6.33. The summed E-state index contributed by atoms with van der Waals surface area (Å²) in [6.07, 6.45) is 6.91. The Bertz CT molecular complexity index is 1140. The van der Waals surface area contributed by atoms with E-state index < -0.39 is 10.0 Å². The molecular weight excluding hydrogens is 450 g/mol. The lowest BCUT2D eigenvalue weighted by molar-refractivity contribution is 0.0980. The van der Waals surface area contributed by atoms with Crippen LogP contribution in [-0.2, 0) is 16.4 Å². The summed E-state index contributed by atoms with van der Waals surface area (Å²) < 4.78 is 27.5. The Morgan fingerprint density at radius 2 is 1.69 bits per heavy atom. The van der Waals surface area contributed by atoms with Gasteiger partial charge in [0.1, 0.15) is 0 Å². The summed E-state index contributed by atoms with van der Waals surface area (Å²) in [6, 6.07) is 5.07. The predicted molar refractivity (Wildman–Crippen MR) is 123 cm³/mol. The predicted octanol–water partition coefficient (Wildman–Crippen LogP) is 3.11. The Balaban J connectivity index is 1.45. The SMILES string of the molecule is O=C(c1nc(N2CCCC2)ncc1Cl)N1CCCc2cc(S(=O)(=O)N3CCCC3)ccc21. The van der Waals surface area contributed by atoms with Crippen LogP contribution in [0, 0.1) is 0 Å². The molecule has 170 valence electrons. The highest BCUT2D eigenvalue weighted by atomic mass is 35.5. The van der Waals surface area contributed by atoms with Gasteiger partial charge in [0.15, 0.2) is 5.69 Å². The molecule has 2 saturated heterocycles. The number of anilines is 2.